The van der Waals surface area contributed by atoms with E-state index in [2.05, 4.69) is 35.2 Å². The highest BCUT2D eigenvalue weighted by Gasteiger charge is 2.42. The molecule has 0 N–H and O–H groups in total. The van der Waals surface area contributed by atoms with E-state index in [0.717, 1.165) is 49.2 Å². The van der Waals surface area contributed by atoms with Gasteiger partial charge in [-0.1, -0.05) is 24.3 Å². The van der Waals surface area contributed by atoms with E-state index in [1.54, 1.807) is 11.2 Å². The summed E-state index contributed by atoms with van der Waals surface area (Å²) in [6.45, 7) is 7.00. The summed E-state index contributed by atoms with van der Waals surface area (Å²) in [6.07, 6.45) is 7.55. The van der Waals surface area contributed by atoms with E-state index < -0.39 is 22.5 Å². The van der Waals surface area contributed by atoms with Gasteiger partial charge in [-0.05, 0) is 70.4 Å². The van der Waals surface area contributed by atoms with Gasteiger partial charge < -0.3 is 14.5 Å². The van der Waals surface area contributed by atoms with Crippen molar-refractivity contribution < 1.29 is 13.7 Å². The minimum atomic E-state index is -1.33. The van der Waals surface area contributed by atoms with Crippen LogP contribution in [0.2, 0.25) is 0 Å². The molecule has 202 valence electrons. The van der Waals surface area contributed by atoms with Gasteiger partial charge in [-0.2, -0.15) is 5.26 Å². The number of aromatic nitrogens is 2. The molecule has 0 radical (unpaired) electrons. The number of nitriles is 1. The quantitative estimate of drug-likeness (QED) is 0.540. The maximum atomic E-state index is 12.9. The van der Waals surface area contributed by atoms with Gasteiger partial charge >= 0.3 is 6.09 Å². The molecule has 8 nitrogen and oxygen atoms in total. The topological polar surface area (TPSA) is 99.4 Å². The van der Waals surface area contributed by atoms with Crippen molar-refractivity contribution in [3.63, 3.8) is 0 Å². The fourth-order valence-electron chi connectivity index (χ4n) is 6.40. The molecule has 2 heterocycles. The summed E-state index contributed by atoms with van der Waals surface area (Å²) in [5.74, 6) is 0.811. The Morgan fingerprint density at radius 3 is 2.74 bits per heavy atom. The van der Waals surface area contributed by atoms with Crippen LogP contribution < -0.4 is 4.90 Å². The molecule has 1 amide bonds. The molecule has 1 aromatic carbocycles. The Labute approximate surface area is 227 Å². The van der Waals surface area contributed by atoms with Crippen molar-refractivity contribution in [2.45, 2.75) is 87.9 Å². The highest BCUT2D eigenvalue weighted by Crippen LogP contribution is 2.47. The van der Waals surface area contributed by atoms with Crippen LogP contribution in [-0.4, -0.2) is 62.7 Å². The zero-order valence-electron chi connectivity index (χ0n) is 22.8. The van der Waals surface area contributed by atoms with E-state index in [9.17, 15) is 14.3 Å². The average molecular weight is 536 g/mol. The largest absolute Gasteiger partial charge is 0.444 e. The van der Waals surface area contributed by atoms with Gasteiger partial charge in [0.05, 0.1) is 35.0 Å². The molecule has 0 saturated carbocycles. The zero-order valence-corrected chi connectivity index (χ0v) is 23.6. The summed E-state index contributed by atoms with van der Waals surface area (Å²) in [5.41, 5.74) is 4.44. The predicted molar refractivity (Wildman–Crippen MR) is 147 cm³/mol. The van der Waals surface area contributed by atoms with E-state index in [-0.39, 0.29) is 17.9 Å². The molecule has 5 rings (SSSR count). The molecule has 1 aromatic heterocycles. The van der Waals surface area contributed by atoms with Crippen molar-refractivity contribution in [3.8, 4) is 6.07 Å². The Kier molecular flexibility index (Phi) is 7.21. The third-order valence-electron chi connectivity index (χ3n) is 8.09. The lowest BCUT2D eigenvalue weighted by Gasteiger charge is -2.45. The number of aryl methyl sites for hydroxylation is 1. The molecule has 38 heavy (non-hydrogen) atoms. The molecule has 9 heteroatoms. The second-order valence-corrected chi connectivity index (χ2v) is 13.1. The lowest BCUT2D eigenvalue weighted by atomic mass is 9.62. The third-order valence-corrected chi connectivity index (χ3v) is 8.79. The van der Waals surface area contributed by atoms with Gasteiger partial charge in [-0.15, -0.1) is 0 Å². The van der Waals surface area contributed by atoms with E-state index in [0.29, 0.717) is 24.8 Å². The number of amides is 1. The summed E-state index contributed by atoms with van der Waals surface area (Å²) in [4.78, 5) is 26.4. The summed E-state index contributed by atoms with van der Waals surface area (Å²) in [5, 5.41) is 9.88. The fraction of sp³-hybridized carbons (Fsp3) is 0.586. The molecule has 3 atom stereocenters. The first-order chi connectivity index (χ1) is 18.1. The molecule has 1 aliphatic heterocycles. The van der Waals surface area contributed by atoms with Gasteiger partial charge in [0.1, 0.15) is 11.4 Å². The number of carbonyl (C=O) groups excluding carboxylic acids is 1. The van der Waals surface area contributed by atoms with Crippen LogP contribution in [0, 0.1) is 11.3 Å². The fourth-order valence-corrected chi connectivity index (χ4v) is 6.85. The van der Waals surface area contributed by atoms with Crippen LogP contribution in [0.5, 0.6) is 0 Å². The molecule has 1 saturated heterocycles. The molecule has 2 aliphatic carbocycles. The Morgan fingerprint density at radius 1 is 1.21 bits per heavy atom. The van der Waals surface area contributed by atoms with Crippen LogP contribution >= 0.6 is 0 Å². The predicted octanol–water partition coefficient (Wildman–Crippen LogP) is 4.32. The smallest absolute Gasteiger partial charge is 0.410 e. The van der Waals surface area contributed by atoms with Crippen LogP contribution in [0.3, 0.4) is 0 Å². The number of benzene rings is 1. The van der Waals surface area contributed by atoms with Gasteiger partial charge in [0.2, 0.25) is 5.16 Å². The van der Waals surface area contributed by atoms with Crippen LogP contribution in [0.4, 0.5) is 10.6 Å². The van der Waals surface area contributed by atoms with Crippen molar-refractivity contribution >= 4 is 22.7 Å². The normalized spacial score (nSPS) is 23.8. The van der Waals surface area contributed by atoms with Crippen LogP contribution in [0.15, 0.2) is 29.4 Å². The highest BCUT2D eigenvalue weighted by molar-refractivity contribution is 7.84. The Hall–Kier alpha value is -2.99. The van der Waals surface area contributed by atoms with E-state index in [1.165, 1.54) is 17.5 Å². The lowest BCUT2D eigenvalue weighted by Crippen LogP contribution is -2.56. The summed E-state index contributed by atoms with van der Waals surface area (Å²) < 4.78 is 18.2. The molecule has 1 spiro atoms. The van der Waals surface area contributed by atoms with Crippen molar-refractivity contribution in [2.75, 3.05) is 30.8 Å². The van der Waals surface area contributed by atoms with Gasteiger partial charge in [0.25, 0.3) is 0 Å². The Morgan fingerprint density at radius 2 is 2.00 bits per heavy atom. The number of hydrogen-bond acceptors (Lipinski definition) is 7. The van der Waals surface area contributed by atoms with Crippen LogP contribution in [0.1, 0.15) is 68.8 Å². The Bertz CT molecular complexity index is 1300. The molecule has 3 aliphatic rings. The van der Waals surface area contributed by atoms with E-state index >= 15 is 0 Å². The van der Waals surface area contributed by atoms with Gasteiger partial charge in [-0.25, -0.2) is 14.8 Å². The van der Waals surface area contributed by atoms with Gasteiger partial charge in [0, 0.05) is 36.9 Å². The number of nitrogens with zero attached hydrogens (tertiary/aromatic N) is 5. The van der Waals surface area contributed by atoms with Crippen molar-refractivity contribution in [3.05, 3.63) is 46.6 Å². The second-order valence-electron chi connectivity index (χ2n) is 11.8. The van der Waals surface area contributed by atoms with Gasteiger partial charge in [-0.3, -0.25) is 4.21 Å². The maximum Gasteiger partial charge on any atom is 0.410 e. The first kappa shape index (κ1) is 26.6. The summed E-state index contributed by atoms with van der Waals surface area (Å²) in [6, 6.07) is 10.7. The molecule has 2 aromatic rings. The van der Waals surface area contributed by atoms with Crippen LogP contribution in [-0.2, 0) is 40.2 Å². The second kappa shape index (κ2) is 10.3. The number of ether oxygens (including phenoxy) is 1. The third kappa shape index (κ3) is 5.15. The number of carbonyl (C=O) groups is 1. The molecular formula is C29H37N5O3S. The highest BCUT2D eigenvalue weighted by atomic mass is 32.2. The number of piperazine rings is 1. The number of hydrogen-bond donors (Lipinski definition) is 0. The van der Waals surface area contributed by atoms with Crippen LogP contribution in [0.25, 0.3) is 0 Å². The van der Waals surface area contributed by atoms with E-state index in [1.807, 2.05) is 20.8 Å². The maximum absolute atomic E-state index is 12.9. The summed E-state index contributed by atoms with van der Waals surface area (Å²) >= 11 is 0. The first-order valence-corrected chi connectivity index (χ1v) is 15.1. The SMILES string of the molecule is CS(=O)c1nc2c(c(N3CCN(C(=O)OC(C)(C)C)[C@@H](CC#N)C3)n1)CCC1(CCCc3ccccc31)C2. The molecule has 0 bridgehead atoms. The lowest BCUT2D eigenvalue weighted by molar-refractivity contribution is 0.0144. The van der Waals surface area contributed by atoms with Crippen molar-refractivity contribution in [1.82, 2.24) is 14.9 Å². The zero-order chi connectivity index (χ0) is 27.1. The average Bonchev–Trinajstić information content (AvgIpc) is 2.87. The number of fused-ring (bicyclic) bond motifs is 3. The monoisotopic (exact) mass is 535 g/mol. The molecule has 1 fully saturated rings. The number of anilines is 1. The van der Waals surface area contributed by atoms with E-state index in [4.69, 9.17) is 14.7 Å². The molecule has 2 unspecified atom stereocenters. The van der Waals surface area contributed by atoms with Crippen molar-refractivity contribution in [2.24, 2.45) is 0 Å². The minimum absolute atomic E-state index is 0.0543. The van der Waals surface area contributed by atoms with Crippen molar-refractivity contribution in [1.29, 1.82) is 5.26 Å². The standard InChI is InChI=1S/C29H37N5O3S/c1-28(2,3)37-27(35)34-17-16-33(19-21(34)12-15-30)25-22-11-14-29(18-24(22)31-26(32-25)38(4)36)13-7-9-20-8-5-6-10-23(20)29/h5-6,8,10,21H,7,9,11-14,16-19H2,1-4H3/t21-,29?,38?/m0/s1. The minimum Gasteiger partial charge on any atom is -0.444 e. The first-order valence-electron chi connectivity index (χ1n) is 13.5. The summed E-state index contributed by atoms with van der Waals surface area (Å²) in [7, 11) is -1.33. The molecular weight excluding hydrogens is 498 g/mol. The number of rotatable bonds is 3. The Balaban J connectivity index is 1.48. The van der Waals surface area contributed by atoms with Gasteiger partial charge in [0.15, 0.2) is 0 Å².